The average Bonchev–Trinajstić information content (AvgIpc) is 3.28. The molecule has 3 N–H and O–H groups in total. The minimum atomic E-state index is -0.156. The van der Waals surface area contributed by atoms with Crippen molar-refractivity contribution < 1.29 is 14.3 Å². The first-order valence-electron chi connectivity index (χ1n) is 8.22. The second kappa shape index (κ2) is 8.28. The minimum absolute atomic E-state index is 0.156. The largest absolute Gasteiger partial charge is 0.381 e. The van der Waals surface area contributed by atoms with Crippen LogP contribution < -0.4 is 10.6 Å². The Morgan fingerprint density at radius 1 is 1.35 bits per heavy atom. The van der Waals surface area contributed by atoms with Crippen LogP contribution in [-0.2, 0) is 16.0 Å². The molecule has 8 nitrogen and oxygen atoms in total. The van der Waals surface area contributed by atoms with Crippen molar-refractivity contribution >= 4 is 6.03 Å². The molecule has 8 heteroatoms. The third-order valence-electron chi connectivity index (χ3n) is 4.49. The molecule has 1 aromatic rings. The van der Waals surface area contributed by atoms with Crippen molar-refractivity contribution in [3.8, 4) is 0 Å². The highest BCUT2D eigenvalue weighted by atomic mass is 16.5. The Morgan fingerprint density at radius 2 is 2.22 bits per heavy atom. The lowest BCUT2D eigenvalue weighted by Gasteiger charge is -2.37. The van der Waals surface area contributed by atoms with Crippen LogP contribution in [0.2, 0.25) is 0 Å². The van der Waals surface area contributed by atoms with Crippen LogP contribution in [0.15, 0.2) is 12.3 Å². The average molecular weight is 323 g/mol. The maximum Gasteiger partial charge on any atom is 0.315 e. The maximum absolute atomic E-state index is 12.0. The normalized spacial score (nSPS) is 23.6. The number of nitrogens with zero attached hydrogens (tertiary/aromatic N) is 2. The molecule has 3 heterocycles. The van der Waals surface area contributed by atoms with Crippen LogP contribution in [0.5, 0.6) is 0 Å². The van der Waals surface area contributed by atoms with E-state index in [0.717, 1.165) is 51.6 Å². The molecule has 0 aromatic carbocycles. The summed E-state index contributed by atoms with van der Waals surface area (Å²) in [5.74, 6) is 0.473. The van der Waals surface area contributed by atoms with E-state index in [9.17, 15) is 4.79 Å². The molecule has 2 fully saturated rings. The van der Waals surface area contributed by atoms with Crippen molar-refractivity contribution in [2.24, 2.45) is 5.92 Å². The van der Waals surface area contributed by atoms with E-state index in [1.165, 1.54) is 0 Å². The highest BCUT2D eigenvalue weighted by Gasteiger charge is 2.31. The molecule has 2 aliphatic heterocycles. The van der Waals surface area contributed by atoms with E-state index in [2.05, 4.69) is 25.7 Å². The summed E-state index contributed by atoms with van der Waals surface area (Å²) in [6.45, 7) is 6.02. The van der Waals surface area contributed by atoms with Crippen molar-refractivity contribution in [1.82, 2.24) is 25.7 Å². The number of H-pyrrole nitrogens is 1. The number of ether oxygens (including phenoxy) is 2. The Kier molecular flexibility index (Phi) is 5.84. The third kappa shape index (κ3) is 4.66. The predicted octanol–water partition coefficient (Wildman–Crippen LogP) is -0.0538. The molecule has 2 amide bonds. The molecule has 1 aromatic heterocycles. The van der Waals surface area contributed by atoms with E-state index in [4.69, 9.17) is 9.47 Å². The van der Waals surface area contributed by atoms with Gasteiger partial charge >= 0.3 is 6.03 Å². The number of carbonyl (C=O) groups is 1. The smallest absolute Gasteiger partial charge is 0.315 e. The molecule has 2 aliphatic rings. The molecule has 23 heavy (non-hydrogen) atoms. The van der Waals surface area contributed by atoms with Crippen LogP contribution in [-0.4, -0.2) is 73.2 Å². The lowest BCUT2D eigenvalue weighted by atomic mass is 9.97. The van der Waals surface area contributed by atoms with Crippen molar-refractivity contribution in [1.29, 1.82) is 0 Å². The molecule has 2 unspecified atom stereocenters. The number of hydrogen-bond acceptors (Lipinski definition) is 5. The zero-order valence-corrected chi connectivity index (χ0v) is 13.3. The monoisotopic (exact) mass is 323 g/mol. The topological polar surface area (TPSA) is 91.5 Å². The summed E-state index contributed by atoms with van der Waals surface area (Å²) < 4.78 is 11.0. The molecule has 0 bridgehead atoms. The summed E-state index contributed by atoms with van der Waals surface area (Å²) in [7, 11) is 0. The van der Waals surface area contributed by atoms with Crippen LogP contribution >= 0.6 is 0 Å². The van der Waals surface area contributed by atoms with Gasteiger partial charge in [-0.3, -0.25) is 10.00 Å². The van der Waals surface area contributed by atoms with E-state index >= 15 is 0 Å². The van der Waals surface area contributed by atoms with Crippen molar-refractivity contribution in [3.63, 3.8) is 0 Å². The number of morpholine rings is 1. The van der Waals surface area contributed by atoms with E-state index in [-0.39, 0.29) is 6.03 Å². The number of aromatic amines is 1. The molecular formula is C15H25N5O3. The summed E-state index contributed by atoms with van der Waals surface area (Å²) in [6, 6.07) is 1.99. The molecule has 0 aliphatic carbocycles. The van der Waals surface area contributed by atoms with Crippen LogP contribution in [0.3, 0.4) is 0 Å². The van der Waals surface area contributed by atoms with E-state index in [0.29, 0.717) is 25.0 Å². The Labute approximate surface area is 135 Å². The lowest BCUT2D eigenvalue weighted by molar-refractivity contribution is 0.00212. The second-order valence-electron chi connectivity index (χ2n) is 5.98. The van der Waals surface area contributed by atoms with Crippen LogP contribution in [0.25, 0.3) is 0 Å². The zero-order valence-electron chi connectivity index (χ0n) is 13.3. The van der Waals surface area contributed by atoms with Gasteiger partial charge in [-0.2, -0.15) is 5.10 Å². The van der Waals surface area contributed by atoms with Gasteiger partial charge < -0.3 is 20.1 Å². The van der Waals surface area contributed by atoms with Gasteiger partial charge in [0.2, 0.25) is 0 Å². The van der Waals surface area contributed by atoms with Gasteiger partial charge in [0.25, 0.3) is 0 Å². The second-order valence-corrected chi connectivity index (χ2v) is 5.98. The fourth-order valence-electron chi connectivity index (χ4n) is 3.18. The predicted molar refractivity (Wildman–Crippen MR) is 83.9 cm³/mol. The summed E-state index contributed by atoms with van der Waals surface area (Å²) in [5.41, 5.74) is 0.883. The zero-order chi connectivity index (χ0) is 15.9. The number of amides is 2. The number of rotatable bonds is 6. The van der Waals surface area contributed by atoms with Crippen molar-refractivity contribution in [2.45, 2.75) is 19.0 Å². The summed E-state index contributed by atoms with van der Waals surface area (Å²) >= 11 is 0. The number of nitrogens with one attached hydrogen (secondary N) is 3. The first-order valence-corrected chi connectivity index (χ1v) is 8.22. The molecule has 0 radical (unpaired) electrons. The molecule has 3 rings (SSSR count). The van der Waals surface area contributed by atoms with Gasteiger partial charge in [-0.25, -0.2) is 4.79 Å². The summed E-state index contributed by atoms with van der Waals surface area (Å²) in [5, 5.41) is 12.5. The van der Waals surface area contributed by atoms with Gasteiger partial charge in [0, 0.05) is 44.4 Å². The summed E-state index contributed by atoms with van der Waals surface area (Å²) in [6.07, 6.45) is 2.73. The number of hydrogen-bond donors (Lipinski definition) is 3. The van der Waals surface area contributed by atoms with Gasteiger partial charge in [0.1, 0.15) is 0 Å². The van der Waals surface area contributed by atoms with Crippen LogP contribution in [0.4, 0.5) is 4.79 Å². The van der Waals surface area contributed by atoms with Crippen LogP contribution in [0, 0.1) is 5.92 Å². The highest BCUT2D eigenvalue weighted by molar-refractivity contribution is 5.73. The minimum Gasteiger partial charge on any atom is -0.381 e. The quantitative estimate of drug-likeness (QED) is 0.682. The summed E-state index contributed by atoms with van der Waals surface area (Å²) in [4.78, 5) is 14.4. The maximum atomic E-state index is 12.0. The van der Waals surface area contributed by atoms with Gasteiger partial charge in [-0.15, -0.1) is 0 Å². The Bertz CT molecular complexity index is 469. The third-order valence-corrected chi connectivity index (χ3v) is 4.49. The molecular weight excluding hydrogens is 298 g/mol. The van der Waals surface area contributed by atoms with Gasteiger partial charge in [-0.05, 0) is 12.5 Å². The van der Waals surface area contributed by atoms with Crippen LogP contribution in [0.1, 0.15) is 12.1 Å². The first-order chi connectivity index (χ1) is 11.3. The standard InChI is InChI=1S/C15H25N5O3/c21-15(16-9-13-1-3-18-19-13)17-10-14(12-2-6-23-11-12)20-4-7-22-8-5-20/h1,3,12,14H,2,4-11H2,(H,18,19)(H2,16,17,21). The molecule has 2 saturated heterocycles. The fraction of sp³-hybridized carbons (Fsp3) is 0.733. The fourth-order valence-corrected chi connectivity index (χ4v) is 3.18. The number of urea groups is 1. The number of aromatic nitrogens is 2. The lowest BCUT2D eigenvalue weighted by Crippen LogP contribution is -2.53. The Hall–Kier alpha value is -1.64. The van der Waals surface area contributed by atoms with Crippen molar-refractivity contribution in [2.75, 3.05) is 46.1 Å². The van der Waals surface area contributed by atoms with E-state index < -0.39 is 0 Å². The van der Waals surface area contributed by atoms with Gasteiger partial charge in [-0.1, -0.05) is 0 Å². The Balaban J connectivity index is 1.47. The molecule has 0 spiro atoms. The molecule has 0 saturated carbocycles. The van der Waals surface area contributed by atoms with E-state index in [1.54, 1.807) is 6.20 Å². The molecule has 2 atom stereocenters. The van der Waals surface area contributed by atoms with Gasteiger partial charge in [0.05, 0.1) is 32.1 Å². The first kappa shape index (κ1) is 16.2. The SMILES string of the molecule is O=C(NCc1ccn[nH]1)NCC(C1CCOC1)N1CCOCC1. The Morgan fingerprint density at radius 3 is 2.91 bits per heavy atom. The van der Waals surface area contributed by atoms with Gasteiger partial charge in [0.15, 0.2) is 0 Å². The van der Waals surface area contributed by atoms with E-state index in [1.807, 2.05) is 6.07 Å². The van der Waals surface area contributed by atoms with Crippen molar-refractivity contribution in [3.05, 3.63) is 18.0 Å². The molecule has 128 valence electrons. The number of carbonyl (C=O) groups excluding carboxylic acids is 1. The highest BCUT2D eigenvalue weighted by Crippen LogP contribution is 2.21.